The lowest BCUT2D eigenvalue weighted by Gasteiger charge is -2.10. The number of hydrogen-bond donors (Lipinski definition) is 2. The number of carbonyl (C=O) groups is 4. The molecule has 234 valence electrons. The molecule has 0 saturated carbocycles. The summed E-state index contributed by atoms with van der Waals surface area (Å²) in [5, 5.41) is 21.4. The summed E-state index contributed by atoms with van der Waals surface area (Å²) in [6, 6.07) is 24.8. The number of nitrogens with one attached hydrogen (secondary N) is 2. The van der Waals surface area contributed by atoms with Crippen LogP contribution in [0.3, 0.4) is 0 Å². The summed E-state index contributed by atoms with van der Waals surface area (Å²) in [5.41, 5.74) is 1.88. The van der Waals surface area contributed by atoms with E-state index in [9.17, 15) is 19.2 Å². The fourth-order valence-corrected chi connectivity index (χ4v) is 4.49. The van der Waals surface area contributed by atoms with Gasteiger partial charge in [-0.05, 0) is 49.2 Å². The molecule has 5 aromatic rings. The molecule has 3 aromatic carbocycles. The molecule has 2 N–H and O–H groups in total. The molecule has 46 heavy (non-hydrogen) atoms. The van der Waals surface area contributed by atoms with Crippen LogP contribution < -0.4 is 10.6 Å². The highest BCUT2D eigenvalue weighted by molar-refractivity contribution is 6.10. The molecule has 0 aliphatic carbocycles. The van der Waals surface area contributed by atoms with Gasteiger partial charge in [-0.15, -0.1) is 10.2 Å². The van der Waals surface area contributed by atoms with E-state index in [2.05, 4.69) is 31.3 Å². The fourth-order valence-electron chi connectivity index (χ4n) is 4.49. The van der Waals surface area contributed by atoms with Crippen LogP contribution in [0.15, 0.2) is 84.9 Å². The second-order valence-electron chi connectivity index (χ2n) is 9.79. The zero-order valence-corrected chi connectivity index (χ0v) is 25.0. The van der Waals surface area contributed by atoms with Crippen molar-refractivity contribution in [2.45, 2.75) is 26.9 Å². The van der Waals surface area contributed by atoms with Gasteiger partial charge < -0.3 is 20.1 Å². The average molecular weight is 623 g/mol. The molecular formula is C32H30N8O6. The highest BCUT2D eigenvalue weighted by Gasteiger charge is 2.28. The third-order valence-electron chi connectivity index (χ3n) is 6.59. The van der Waals surface area contributed by atoms with Crippen molar-refractivity contribution in [1.29, 1.82) is 0 Å². The van der Waals surface area contributed by atoms with E-state index in [-0.39, 0.29) is 49.1 Å². The number of hydrogen-bond acceptors (Lipinski definition) is 10. The van der Waals surface area contributed by atoms with E-state index in [1.807, 2.05) is 60.7 Å². The summed E-state index contributed by atoms with van der Waals surface area (Å²) in [4.78, 5) is 51.9. The van der Waals surface area contributed by atoms with E-state index < -0.39 is 23.8 Å². The lowest BCUT2D eigenvalue weighted by atomic mass is 10.2. The van der Waals surface area contributed by atoms with E-state index >= 15 is 0 Å². The molecular weight excluding hydrogens is 592 g/mol. The van der Waals surface area contributed by atoms with Gasteiger partial charge in [0.1, 0.15) is 0 Å². The molecule has 2 aromatic heterocycles. The van der Waals surface area contributed by atoms with Gasteiger partial charge in [-0.25, -0.2) is 19.0 Å². The highest BCUT2D eigenvalue weighted by atomic mass is 16.5. The molecule has 0 saturated heterocycles. The summed E-state index contributed by atoms with van der Waals surface area (Å²) in [5.74, 6) is -2.80. The van der Waals surface area contributed by atoms with Gasteiger partial charge in [0, 0.05) is 11.4 Å². The average Bonchev–Trinajstić information content (AvgIpc) is 3.68. The second-order valence-corrected chi connectivity index (χ2v) is 9.79. The first-order chi connectivity index (χ1) is 22.4. The van der Waals surface area contributed by atoms with Crippen molar-refractivity contribution in [1.82, 2.24) is 30.0 Å². The first-order valence-corrected chi connectivity index (χ1v) is 14.4. The molecule has 0 aliphatic heterocycles. The van der Waals surface area contributed by atoms with Crippen LogP contribution in [-0.4, -0.2) is 67.0 Å². The Morgan fingerprint density at radius 3 is 1.57 bits per heavy atom. The first kappa shape index (κ1) is 31.3. The molecule has 0 radical (unpaired) electrons. The van der Waals surface area contributed by atoms with Crippen molar-refractivity contribution in [2.24, 2.45) is 0 Å². The minimum atomic E-state index is -0.770. The highest BCUT2D eigenvalue weighted by Crippen LogP contribution is 2.19. The zero-order valence-electron chi connectivity index (χ0n) is 25.0. The lowest BCUT2D eigenvalue weighted by molar-refractivity contribution is 0.0503. The molecule has 5 rings (SSSR count). The minimum absolute atomic E-state index is 0.0650. The van der Waals surface area contributed by atoms with E-state index in [4.69, 9.17) is 9.47 Å². The van der Waals surface area contributed by atoms with Gasteiger partial charge in [-0.2, -0.15) is 0 Å². The SMILES string of the molecule is CCOC(=O)c1nnn(Cc2ccccc2)c1C(=O)Nc1ccc(NC(=O)c2nnn(Cc3ccccc3)c2C(=O)OCC)cc1. The first-order valence-electron chi connectivity index (χ1n) is 14.4. The predicted molar refractivity (Wildman–Crippen MR) is 165 cm³/mol. The third kappa shape index (κ3) is 7.30. The van der Waals surface area contributed by atoms with E-state index in [1.54, 1.807) is 38.1 Å². The Morgan fingerprint density at radius 2 is 1.04 bits per heavy atom. The summed E-state index contributed by atoms with van der Waals surface area (Å²) in [7, 11) is 0. The van der Waals surface area contributed by atoms with Gasteiger partial charge in [0.05, 0.1) is 26.3 Å². The van der Waals surface area contributed by atoms with E-state index in [0.29, 0.717) is 11.4 Å². The van der Waals surface area contributed by atoms with Crippen molar-refractivity contribution in [3.63, 3.8) is 0 Å². The van der Waals surface area contributed by atoms with Crippen LogP contribution in [0.1, 0.15) is 66.9 Å². The van der Waals surface area contributed by atoms with E-state index in [0.717, 1.165) is 11.1 Å². The largest absolute Gasteiger partial charge is 0.461 e. The Labute approximate surface area is 263 Å². The Balaban J connectivity index is 1.32. The normalized spacial score (nSPS) is 10.7. The number of nitrogens with zero attached hydrogens (tertiary/aromatic N) is 6. The van der Waals surface area contributed by atoms with Crippen molar-refractivity contribution in [3.8, 4) is 0 Å². The monoisotopic (exact) mass is 622 g/mol. The summed E-state index contributed by atoms with van der Waals surface area (Å²) >= 11 is 0. The van der Waals surface area contributed by atoms with Crippen molar-refractivity contribution < 1.29 is 28.7 Å². The summed E-state index contributed by atoms with van der Waals surface area (Å²) < 4.78 is 12.9. The molecule has 2 amide bonds. The molecule has 2 heterocycles. The number of amides is 2. The van der Waals surface area contributed by atoms with Gasteiger partial charge in [0.15, 0.2) is 17.1 Å². The van der Waals surface area contributed by atoms with Crippen molar-refractivity contribution in [2.75, 3.05) is 23.8 Å². The Bertz CT molecular complexity index is 1840. The Morgan fingerprint density at radius 1 is 0.587 bits per heavy atom. The van der Waals surface area contributed by atoms with Crippen molar-refractivity contribution in [3.05, 3.63) is 119 Å². The second kappa shape index (κ2) is 14.5. The van der Waals surface area contributed by atoms with Crippen molar-refractivity contribution >= 4 is 35.1 Å². The zero-order chi connectivity index (χ0) is 32.5. The number of ether oxygens (including phenoxy) is 2. The molecule has 0 fully saturated rings. The minimum Gasteiger partial charge on any atom is -0.461 e. The number of anilines is 2. The van der Waals surface area contributed by atoms with Crippen LogP contribution in [0.5, 0.6) is 0 Å². The molecule has 0 spiro atoms. The molecule has 14 heteroatoms. The molecule has 14 nitrogen and oxygen atoms in total. The van der Waals surface area contributed by atoms with Crippen LogP contribution in [0.25, 0.3) is 0 Å². The topological polar surface area (TPSA) is 172 Å². The molecule has 0 unspecified atom stereocenters. The summed E-state index contributed by atoms with van der Waals surface area (Å²) in [6.07, 6.45) is 0. The standard InChI is InChI=1S/C32H30N8O6/c1-3-45-31(43)26-27(39(38-36-26)19-21-11-7-5-8-12-21)30(42)34-24-17-15-23(16-18-24)33-29(41)25-28(32(44)46-4-2)40(37-35-25)20-22-13-9-6-10-14-22/h5-18H,3-4,19-20H2,1-2H3,(H,33,41)(H,34,42). The number of rotatable bonds is 12. The fraction of sp³-hybridized carbons (Fsp3) is 0.188. The summed E-state index contributed by atoms with van der Waals surface area (Å²) in [6.45, 7) is 3.93. The Hall–Kier alpha value is -6.18. The number of aromatic nitrogens is 6. The maximum Gasteiger partial charge on any atom is 0.361 e. The van der Waals surface area contributed by atoms with E-state index in [1.165, 1.54) is 9.36 Å². The Kier molecular flexibility index (Phi) is 9.87. The van der Waals surface area contributed by atoms with Crippen LogP contribution in [-0.2, 0) is 22.6 Å². The molecule has 0 atom stereocenters. The maximum absolute atomic E-state index is 13.4. The quantitative estimate of drug-likeness (QED) is 0.195. The van der Waals surface area contributed by atoms with Gasteiger partial charge in [-0.3, -0.25) is 9.59 Å². The third-order valence-corrected chi connectivity index (χ3v) is 6.59. The van der Waals surface area contributed by atoms with Crippen LogP contribution in [0, 0.1) is 0 Å². The lowest BCUT2D eigenvalue weighted by Crippen LogP contribution is -2.22. The molecule has 0 aliphatic rings. The predicted octanol–water partition coefficient (Wildman–Crippen LogP) is 3.82. The smallest absolute Gasteiger partial charge is 0.361 e. The van der Waals surface area contributed by atoms with Gasteiger partial charge in [-0.1, -0.05) is 71.1 Å². The van der Waals surface area contributed by atoms with Gasteiger partial charge in [0.2, 0.25) is 5.69 Å². The van der Waals surface area contributed by atoms with Crippen LogP contribution >= 0.6 is 0 Å². The number of benzene rings is 3. The van der Waals surface area contributed by atoms with Crippen LogP contribution in [0.4, 0.5) is 11.4 Å². The number of esters is 2. The molecule has 0 bridgehead atoms. The van der Waals surface area contributed by atoms with Gasteiger partial charge >= 0.3 is 11.9 Å². The van der Waals surface area contributed by atoms with Gasteiger partial charge in [0.25, 0.3) is 11.8 Å². The van der Waals surface area contributed by atoms with Crippen LogP contribution in [0.2, 0.25) is 0 Å². The number of carbonyl (C=O) groups excluding carboxylic acids is 4. The maximum atomic E-state index is 13.4.